The van der Waals surface area contributed by atoms with Crippen LogP contribution in [-0.4, -0.2) is 22.5 Å². The number of carboxylic acid groups (broad SMARTS) is 1. The van der Waals surface area contributed by atoms with Gasteiger partial charge < -0.3 is 9.63 Å². The van der Waals surface area contributed by atoms with E-state index in [1.54, 1.807) is 18.4 Å². The summed E-state index contributed by atoms with van der Waals surface area (Å²) in [5.74, 6) is -2.00. The molecule has 1 aromatic carbocycles. The number of aromatic nitrogens is 1. The zero-order valence-electron chi connectivity index (χ0n) is 8.81. The van der Waals surface area contributed by atoms with Crippen LogP contribution in [0, 0.1) is 5.82 Å². The lowest BCUT2D eigenvalue weighted by atomic mass is 10.1. The number of benzene rings is 1. The minimum Gasteiger partial charge on any atom is -0.475 e. The molecule has 0 bridgehead atoms. The molecule has 1 aromatic heterocycles. The third-order valence-electron chi connectivity index (χ3n) is 2.17. The highest BCUT2D eigenvalue weighted by molar-refractivity contribution is 7.98. The van der Waals surface area contributed by atoms with Gasteiger partial charge in [-0.3, -0.25) is 0 Å². The van der Waals surface area contributed by atoms with Gasteiger partial charge in [0.15, 0.2) is 0 Å². The molecule has 0 saturated carbocycles. The largest absolute Gasteiger partial charge is 0.475 e. The molecule has 0 fully saturated rings. The molecule has 88 valence electrons. The van der Waals surface area contributed by atoms with Gasteiger partial charge in [0.05, 0.1) is 5.56 Å². The molecule has 2 rings (SSSR count). The number of carboxylic acids is 1. The van der Waals surface area contributed by atoms with Crippen molar-refractivity contribution >= 4 is 17.7 Å². The van der Waals surface area contributed by atoms with Gasteiger partial charge in [0, 0.05) is 11.0 Å². The zero-order valence-corrected chi connectivity index (χ0v) is 9.62. The second kappa shape index (κ2) is 4.58. The molecule has 0 saturated heterocycles. The van der Waals surface area contributed by atoms with E-state index in [4.69, 9.17) is 5.11 Å². The standard InChI is InChI=1S/C11H8FNO3S/c1-17-9-4-2-3-6(12)10(9)7-5-8(11(14)15)16-13-7/h2-5H,1H3,(H,14,15). The van der Waals surface area contributed by atoms with E-state index in [2.05, 4.69) is 9.68 Å². The van der Waals surface area contributed by atoms with Gasteiger partial charge in [-0.15, -0.1) is 11.8 Å². The lowest BCUT2D eigenvalue weighted by Crippen LogP contribution is -1.92. The van der Waals surface area contributed by atoms with Gasteiger partial charge in [-0.1, -0.05) is 11.2 Å². The molecule has 0 spiro atoms. The fraction of sp³-hybridized carbons (Fsp3) is 0.0909. The van der Waals surface area contributed by atoms with E-state index in [-0.39, 0.29) is 17.0 Å². The summed E-state index contributed by atoms with van der Waals surface area (Å²) in [5, 5.41) is 12.3. The van der Waals surface area contributed by atoms with E-state index in [1.165, 1.54) is 23.9 Å². The van der Waals surface area contributed by atoms with E-state index in [1.807, 2.05) is 0 Å². The molecule has 0 unspecified atom stereocenters. The van der Waals surface area contributed by atoms with E-state index < -0.39 is 11.8 Å². The molecule has 6 heteroatoms. The molecule has 4 nitrogen and oxygen atoms in total. The van der Waals surface area contributed by atoms with Crippen molar-refractivity contribution in [2.75, 3.05) is 6.26 Å². The van der Waals surface area contributed by atoms with E-state index >= 15 is 0 Å². The van der Waals surface area contributed by atoms with Crippen LogP contribution in [0.15, 0.2) is 33.7 Å². The molecule has 0 amide bonds. The lowest BCUT2D eigenvalue weighted by molar-refractivity contribution is 0.0652. The van der Waals surface area contributed by atoms with Crippen molar-refractivity contribution in [3.05, 3.63) is 35.8 Å². The van der Waals surface area contributed by atoms with Crippen LogP contribution in [0.1, 0.15) is 10.6 Å². The summed E-state index contributed by atoms with van der Waals surface area (Å²) < 4.78 is 18.3. The van der Waals surface area contributed by atoms with Crippen LogP contribution in [0.3, 0.4) is 0 Å². The Balaban J connectivity index is 2.55. The lowest BCUT2D eigenvalue weighted by Gasteiger charge is -2.04. The molecule has 0 aliphatic rings. The SMILES string of the molecule is CSc1cccc(F)c1-c1cc(C(=O)O)on1. The van der Waals surface area contributed by atoms with Crippen LogP contribution >= 0.6 is 11.8 Å². The van der Waals surface area contributed by atoms with E-state index in [0.29, 0.717) is 4.90 Å². The summed E-state index contributed by atoms with van der Waals surface area (Å²) in [6.07, 6.45) is 1.80. The van der Waals surface area contributed by atoms with E-state index in [9.17, 15) is 9.18 Å². The van der Waals surface area contributed by atoms with E-state index in [0.717, 1.165) is 0 Å². The predicted octanol–water partition coefficient (Wildman–Crippen LogP) is 2.90. The fourth-order valence-electron chi connectivity index (χ4n) is 1.42. The summed E-state index contributed by atoms with van der Waals surface area (Å²) >= 11 is 1.35. The maximum absolute atomic E-state index is 13.7. The first-order valence-electron chi connectivity index (χ1n) is 4.66. The monoisotopic (exact) mass is 253 g/mol. The third-order valence-corrected chi connectivity index (χ3v) is 2.95. The summed E-state index contributed by atoms with van der Waals surface area (Å²) in [5.41, 5.74) is 0.445. The summed E-state index contributed by atoms with van der Waals surface area (Å²) in [6, 6.07) is 5.83. The normalized spacial score (nSPS) is 10.5. The molecule has 17 heavy (non-hydrogen) atoms. The first-order chi connectivity index (χ1) is 8.13. The van der Waals surface area contributed by atoms with Crippen molar-refractivity contribution in [3.8, 4) is 11.3 Å². The molecule has 0 atom stereocenters. The van der Waals surface area contributed by atoms with Crippen molar-refractivity contribution in [3.63, 3.8) is 0 Å². The van der Waals surface area contributed by atoms with Gasteiger partial charge >= 0.3 is 5.97 Å². The highest BCUT2D eigenvalue weighted by Gasteiger charge is 2.17. The van der Waals surface area contributed by atoms with Gasteiger partial charge in [-0.05, 0) is 18.4 Å². The topological polar surface area (TPSA) is 63.3 Å². The first-order valence-corrected chi connectivity index (χ1v) is 5.89. The molecule has 0 aliphatic carbocycles. The highest BCUT2D eigenvalue weighted by Crippen LogP contribution is 2.32. The number of aromatic carboxylic acids is 1. The Hall–Kier alpha value is -1.82. The molecule has 2 aromatic rings. The van der Waals surface area contributed by atoms with Gasteiger partial charge in [0.25, 0.3) is 0 Å². The average Bonchev–Trinajstić information content (AvgIpc) is 2.77. The Morgan fingerprint density at radius 1 is 1.53 bits per heavy atom. The van der Waals surface area contributed by atoms with Crippen LogP contribution in [0.4, 0.5) is 4.39 Å². The molecule has 0 aliphatic heterocycles. The van der Waals surface area contributed by atoms with Crippen molar-refractivity contribution in [1.82, 2.24) is 5.16 Å². The van der Waals surface area contributed by atoms with Crippen LogP contribution in [-0.2, 0) is 0 Å². The number of nitrogens with zero attached hydrogens (tertiary/aromatic N) is 1. The second-order valence-electron chi connectivity index (χ2n) is 3.20. The number of rotatable bonds is 3. The smallest absolute Gasteiger partial charge is 0.374 e. The molecule has 1 N–H and O–H groups in total. The summed E-state index contributed by atoms with van der Waals surface area (Å²) in [7, 11) is 0. The number of hydrogen-bond acceptors (Lipinski definition) is 4. The first kappa shape index (κ1) is 11.7. The average molecular weight is 253 g/mol. The van der Waals surface area contributed by atoms with Gasteiger partial charge in [-0.2, -0.15) is 0 Å². The minimum absolute atomic E-state index is 0.185. The number of hydrogen-bond donors (Lipinski definition) is 1. The molecular weight excluding hydrogens is 245 g/mol. The number of thioether (sulfide) groups is 1. The second-order valence-corrected chi connectivity index (χ2v) is 4.05. The Bertz CT molecular complexity index is 568. The summed E-state index contributed by atoms with van der Waals surface area (Å²) in [4.78, 5) is 11.3. The zero-order chi connectivity index (χ0) is 12.4. The van der Waals surface area contributed by atoms with Gasteiger partial charge in [-0.25, -0.2) is 9.18 Å². The van der Waals surface area contributed by atoms with Crippen molar-refractivity contribution in [2.24, 2.45) is 0 Å². The summed E-state index contributed by atoms with van der Waals surface area (Å²) in [6.45, 7) is 0. The van der Waals surface area contributed by atoms with Crippen molar-refractivity contribution < 1.29 is 18.8 Å². The van der Waals surface area contributed by atoms with Crippen LogP contribution in [0.2, 0.25) is 0 Å². The Morgan fingerprint density at radius 3 is 2.88 bits per heavy atom. The number of carbonyl (C=O) groups is 1. The van der Waals surface area contributed by atoms with Crippen LogP contribution < -0.4 is 0 Å². The maximum atomic E-state index is 13.7. The van der Waals surface area contributed by atoms with Crippen molar-refractivity contribution in [2.45, 2.75) is 4.90 Å². The Labute approximate surface area is 100 Å². The minimum atomic E-state index is -1.23. The van der Waals surface area contributed by atoms with Crippen LogP contribution in [0.25, 0.3) is 11.3 Å². The van der Waals surface area contributed by atoms with Crippen molar-refractivity contribution in [1.29, 1.82) is 0 Å². The highest BCUT2D eigenvalue weighted by atomic mass is 32.2. The molecule has 0 radical (unpaired) electrons. The quantitative estimate of drug-likeness (QED) is 0.852. The maximum Gasteiger partial charge on any atom is 0.374 e. The van der Waals surface area contributed by atoms with Gasteiger partial charge in [0.1, 0.15) is 11.5 Å². The molecule has 1 heterocycles. The van der Waals surface area contributed by atoms with Gasteiger partial charge in [0.2, 0.25) is 5.76 Å². The third kappa shape index (κ3) is 2.16. The fourth-order valence-corrected chi connectivity index (χ4v) is 2.04. The number of halogens is 1. The molecular formula is C11H8FNO3S. The predicted molar refractivity (Wildman–Crippen MR) is 60.6 cm³/mol. The van der Waals surface area contributed by atoms with Crippen LogP contribution in [0.5, 0.6) is 0 Å². The Kier molecular flexibility index (Phi) is 3.14. The Morgan fingerprint density at radius 2 is 2.29 bits per heavy atom.